The Morgan fingerprint density at radius 3 is 2.66 bits per heavy atom. The van der Waals surface area contributed by atoms with Gasteiger partial charge in [-0.25, -0.2) is 0 Å². The first-order valence-corrected chi connectivity index (χ1v) is 12.4. The zero-order chi connectivity index (χ0) is 22.9. The molecule has 32 heavy (non-hydrogen) atoms. The largest absolute Gasteiger partial charge is 0.385 e. The summed E-state index contributed by atoms with van der Waals surface area (Å²) in [5, 5.41) is 4.31. The second kappa shape index (κ2) is 12.2. The fourth-order valence-corrected chi connectivity index (χ4v) is 4.74. The van der Waals surface area contributed by atoms with Crippen LogP contribution in [0.3, 0.4) is 0 Å². The van der Waals surface area contributed by atoms with Gasteiger partial charge in [-0.1, -0.05) is 43.7 Å². The van der Waals surface area contributed by atoms with Crippen molar-refractivity contribution >= 4 is 28.7 Å². The Bertz CT molecular complexity index is 878. The maximum atomic E-state index is 5.88. The molecule has 0 saturated heterocycles. The molecule has 0 aliphatic carbocycles. The van der Waals surface area contributed by atoms with Crippen LogP contribution in [0.15, 0.2) is 36.4 Å². The van der Waals surface area contributed by atoms with Crippen molar-refractivity contribution in [2.75, 3.05) is 43.6 Å². The van der Waals surface area contributed by atoms with E-state index in [1.165, 1.54) is 60.2 Å². The Labute approximate surface area is 199 Å². The van der Waals surface area contributed by atoms with E-state index < -0.39 is 0 Å². The molecular weight excluding hydrogens is 414 g/mol. The van der Waals surface area contributed by atoms with E-state index in [0.717, 1.165) is 43.5 Å². The lowest BCUT2D eigenvalue weighted by Crippen LogP contribution is -2.36. The number of fused-ring (bicyclic) bond motifs is 1. The van der Waals surface area contributed by atoms with Crippen molar-refractivity contribution in [3.8, 4) is 0 Å². The van der Waals surface area contributed by atoms with Gasteiger partial charge in [-0.2, -0.15) is 0 Å². The number of ether oxygens (including phenoxy) is 1. The molecule has 1 aliphatic heterocycles. The van der Waals surface area contributed by atoms with E-state index >= 15 is 0 Å². The maximum Gasteiger partial charge on any atom is 0.173 e. The highest BCUT2D eigenvalue weighted by Gasteiger charge is 2.18. The Balaban J connectivity index is 1.75. The number of nitrogens with one attached hydrogen (secondary N) is 1. The van der Waals surface area contributed by atoms with Crippen LogP contribution in [0.25, 0.3) is 0 Å². The van der Waals surface area contributed by atoms with Gasteiger partial charge >= 0.3 is 0 Å². The van der Waals surface area contributed by atoms with Crippen LogP contribution in [0.1, 0.15) is 54.9 Å². The van der Waals surface area contributed by atoms with Crippen molar-refractivity contribution in [2.45, 2.75) is 59.4 Å². The molecule has 0 bridgehead atoms. The number of aryl methyl sites for hydroxylation is 3. The number of rotatable bonds is 10. The summed E-state index contributed by atoms with van der Waals surface area (Å²) in [4.78, 5) is 4.84. The summed E-state index contributed by atoms with van der Waals surface area (Å²) in [6.07, 6.45) is 5.85. The summed E-state index contributed by atoms with van der Waals surface area (Å²) in [7, 11) is 1.76. The third kappa shape index (κ3) is 6.46. The minimum atomic E-state index is 0.735. The van der Waals surface area contributed by atoms with E-state index in [4.69, 9.17) is 17.0 Å². The molecule has 0 radical (unpaired) electrons. The molecular formula is C27H39N3OS. The lowest BCUT2D eigenvalue weighted by Gasteiger charge is -2.32. The molecule has 4 nitrogen and oxygen atoms in total. The molecule has 3 rings (SSSR count). The molecule has 0 fully saturated rings. The van der Waals surface area contributed by atoms with Gasteiger partial charge in [0.15, 0.2) is 5.11 Å². The van der Waals surface area contributed by atoms with E-state index in [1.807, 2.05) is 0 Å². The smallest absolute Gasteiger partial charge is 0.173 e. The predicted octanol–water partition coefficient (Wildman–Crippen LogP) is 6.09. The standard InChI is InChI=1S/C27H39N3OS/c1-5-6-15-29-16-8-12-24-19-23(13-14-25(24)29)20-30(17-9-18-31-4)27(32)28-26-21(2)10-7-11-22(26)3/h7,10-11,13-14,19H,5-6,8-9,12,15-18,20H2,1-4H3,(H,28,32). The van der Waals surface area contributed by atoms with E-state index in [0.29, 0.717) is 0 Å². The molecule has 0 aromatic heterocycles. The number of nitrogens with zero attached hydrogens (tertiary/aromatic N) is 2. The van der Waals surface area contributed by atoms with Crippen LogP contribution in [-0.2, 0) is 17.7 Å². The minimum Gasteiger partial charge on any atom is -0.385 e. The molecule has 0 amide bonds. The average molecular weight is 454 g/mol. The zero-order valence-electron chi connectivity index (χ0n) is 20.2. The quantitative estimate of drug-likeness (QED) is 0.347. The third-order valence-corrected chi connectivity index (χ3v) is 6.65. The van der Waals surface area contributed by atoms with Crippen LogP contribution in [-0.4, -0.2) is 43.4 Å². The van der Waals surface area contributed by atoms with Gasteiger partial charge in [0.2, 0.25) is 0 Å². The number of para-hydroxylation sites is 1. The topological polar surface area (TPSA) is 27.7 Å². The second-order valence-corrected chi connectivity index (χ2v) is 9.26. The van der Waals surface area contributed by atoms with Gasteiger partial charge in [0.05, 0.1) is 0 Å². The van der Waals surface area contributed by atoms with Crippen molar-refractivity contribution in [3.05, 3.63) is 58.7 Å². The van der Waals surface area contributed by atoms with Gasteiger partial charge < -0.3 is 19.9 Å². The molecule has 174 valence electrons. The first-order chi connectivity index (χ1) is 15.5. The summed E-state index contributed by atoms with van der Waals surface area (Å²) in [5.41, 5.74) is 7.77. The Hall–Kier alpha value is -2.11. The summed E-state index contributed by atoms with van der Waals surface area (Å²) in [6, 6.07) is 13.4. The molecule has 1 heterocycles. The fraction of sp³-hybridized carbons (Fsp3) is 0.519. The van der Waals surface area contributed by atoms with Gasteiger partial charge in [-0.15, -0.1) is 0 Å². The van der Waals surface area contributed by atoms with Gasteiger partial charge in [-0.3, -0.25) is 0 Å². The lowest BCUT2D eigenvalue weighted by molar-refractivity contribution is 0.185. The van der Waals surface area contributed by atoms with Crippen LogP contribution in [0.5, 0.6) is 0 Å². The number of unbranched alkanes of at least 4 members (excludes halogenated alkanes) is 1. The monoisotopic (exact) mass is 453 g/mol. The van der Waals surface area contributed by atoms with Gasteiger partial charge in [-0.05, 0) is 80.1 Å². The van der Waals surface area contributed by atoms with Crippen molar-refractivity contribution < 1.29 is 4.74 Å². The van der Waals surface area contributed by atoms with Crippen molar-refractivity contribution in [2.24, 2.45) is 0 Å². The second-order valence-electron chi connectivity index (χ2n) is 8.87. The van der Waals surface area contributed by atoms with Crippen LogP contribution >= 0.6 is 12.2 Å². The van der Waals surface area contributed by atoms with Crippen LogP contribution in [0.4, 0.5) is 11.4 Å². The molecule has 0 atom stereocenters. The normalized spacial score (nSPS) is 13.1. The number of anilines is 2. The highest BCUT2D eigenvalue weighted by molar-refractivity contribution is 7.80. The predicted molar refractivity (Wildman–Crippen MR) is 141 cm³/mol. The Morgan fingerprint density at radius 1 is 1.16 bits per heavy atom. The number of hydrogen-bond acceptors (Lipinski definition) is 3. The molecule has 1 aliphatic rings. The molecule has 0 unspecified atom stereocenters. The van der Waals surface area contributed by atoms with Crippen LogP contribution < -0.4 is 10.2 Å². The fourth-order valence-electron chi connectivity index (χ4n) is 4.48. The highest BCUT2D eigenvalue weighted by Crippen LogP contribution is 2.29. The maximum absolute atomic E-state index is 5.88. The molecule has 2 aromatic rings. The summed E-state index contributed by atoms with van der Waals surface area (Å²) in [6.45, 7) is 11.3. The summed E-state index contributed by atoms with van der Waals surface area (Å²) >= 11 is 5.88. The summed E-state index contributed by atoms with van der Waals surface area (Å²) in [5.74, 6) is 0. The van der Waals surface area contributed by atoms with Crippen LogP contribution in [0, 0.1) is 13.8 Å². The molecule has 2 aromatic carbocycles. The Kier molecular flexibility index (Phi) is 9.36. The SMILES string of the molecule is CCCCN1CCCc2cc(CN(CCCOC)C(=S)Nc3c(C)cccc3C)ccc21. The first-order valence-electron chi connectivity index (χ1n) is 12.0. The zero-order valence-corrected chi connectivity index (χ0v) is 21.1. The molecule has 1 N–H and O–H groups in total. The van der Waals surface area contributed by atoms with E-state index in [2.05, 4.69) is 72.3 Å². The van der Waals surface area contributed by atoms with Gasteiger partial charge in [0.1, 0.15) is 0 Å². The molecule has 0 saturated carbocycles. The number of hydrogen-bond donors (Lipinski definition) is 1. The Morgan fingerprint density at radius 2 is 1.94 bits per heavy atom. The lowest BCUT2D eigenvalue weighted by atomic mass is 9.98. The molecule has 5 heteroatoms. The van der Waals surface area contributed by atoms with E-state index in [1.54, 1.807) is 7.11 Å². The molecule has 0 spiro atoms. The number of thiocarbonyl (C=S) groups is 1. The van der Waals surface area contributed by atoms with Crippen LogP contribution in [0.2, 0.25) is 0 Å². The van der Waals surface area contributed by atoms with Crippen molar-refractivity contribution in [3.63, 3.8) is 0 Å². The summed E-state index contributed by atoms with van der Waals surface area (Å²) < 4.78 is 5.30. The number of benzene rings is 2. The van der Waals surface area contributed by atoms with Crippen molar-refractivity contribution in [1.29, 1.82) is 0 Å². The number of methoxy groups -OCH3 is 1. The van der Waals surface area contributed by atoms with Gasteiger partial charge in [0.25, 0.3) is 0 Å². The first kappa shape index (κ1) is 24.5. The van der Waals surface area contributed by atoms with E-state index in [-0.39, 0.29) is 0 Å². The third-order valence-electron chi connectivity index (χ3n) is 6.29. The van der Waals surface area contributed by atoms with Gasteiger partial charge in [0, 0.05) is 51.3 Å². The minimum absolute atomic E-state index is 0.735. The van der Waals surface area contributed by atoms with E-state index in [9.17, 15) is 0 Å². The van der Waals surface area contributed by atoms with Crippen molar-refractivity contribution in [1.82, 2.24) is 4.90 Å². The average Bonchev–Trinajstić information content (AvgIpc) is 2.79. The highest BCUT2D eigenvalue weighted by atomic mass is 32.1.